The number of nitrogens with zero attached hydrogens (tertiary/aromatic N) is 1. The molecular formula is C7H11NO. The fourth-order valence-corrected chi connectivity index (χ4v) is 0.386. The van der Waals surface area contributed by atoms with Gasteiger partial charge in [0, 0.05) is 18.8 Å². The molecule has 50 valence electrons. The summed E-state index contributed by atoms with van der Waals surface area (Å²) in [6, 6.07) is 0. The third kappa shape index (κ3) is 7.08. The van der Waals surface area contributed by atoms with Crippen molar-refractivity contribution in [3.63, 3.8) is 0 Å². The number of hydrogen-bond acceptors (Lipinski definition) is 2. The Morgan fingerprint density at radius 1 is 1.44 bits per heavy atom. The van der Waals surface area contributed by atoms with Crippen LogP contribution in [0.4, 0.5) is 0 Å². The second-order valence-electron chi connectivity index (χ2n) is 1.54. The minimum absolute atomic E-state index is 0.593. The molecule has 9 heavy (non-hydrogen) atoms. The van der Waals surface area contributed by atoms with E-state index in [1.165, 1.54) is 0 Å². The van der Waals surface area contributed by atoms with Crippen LogP contribution in [0.3, 0.4) is 0 Å². The normalized spacial score (nSPS) is 11.2. The highest BCUT2D eigenvalue weighted by atomic mass is 16.1. The van der Waals surface area contributed by atoms with Crippen LogP contribution >= 0.6 is 0 Å². The summed E-state index contributed by atoms with van der Waals surface area (Å²) in [5.74, 6) is 0. The van der Waals surface area contributed by atoms with Crippen molar-refractivity contribution in [3.05, 3.63) is 12.3 Å². The molecule has 2 heteroatoms. The SMILES string of the molecule is CC=N/C=C/CCC=O. The number of rotatable bonds is 4. The molecule has 0 bridgehead atoms. The van der Waals surface area contributed by atoms with Crippen LogP contribution < -0.4 is 0 Å². The standard InChI is InChI=1S/C7H11NO/c1-2-8-6-4-3-5-7-9/h2,4,6-7H,3,5H2,1H3/b6-4+,8-2?. The molecular weight excluding hydrogens is 114 g/mol. The quantitative estimate of drug-likeness (QED) is 0.318. The van der Waals surface area contributed by atoms with E-state index in [9.17, 15) is 4.79 Å². The molecule has 0 heterocycles. The van der Waals surface area contributed by atoms with Crippen LogP contribution in [0.1, 0.15) is 19.8 Å². The highest BCUT2D eigenvalue weighted by Gasteiger charge is 1.74. The lowest BCUT2D eigenvalue weighted by molar-refractivity contribution is -0.107. The van der Waals surface area contributed by atoms with Gasteiger partial charge in [0.25, 0.3) is 0 Å². The largest absolute Gasteiger partial charge is 0.303 e. The van der Waals surface area contributed by atoms with Crippen molar-refractivity contribution < 1.29 is 4.79 Å². The summed E-state index contributed by atoms with van der Waals surface area (Å²) in [6.45, 7) is 1.85. The molecule has 0 aromatic carbocycles. The van der Waals surface area contributed by atoms with Crippen LogP contribution in [0.15, 0.2) is 17.3 Å². The number of hydrogen-bond donors (Lipinski definition) is 0. The van der Waals surface area contributed by atoms with E-state index in [2.05, 4.69) is 4.99 Å². The number of carbonyl (C=O) groups excluding carboxylic acids is 1. The van der Waals surface area contributed by atoms with Crippen molar-refractivity contribution in [1.82, 2.24) is 0 Å². The van der Waals surface area contributed by atoms with E-state index >= 15 is 0 Å². The summed E-state index contributed by atoms with van der Waals surface area (Å²) in [6.07, 6.45) is 7.56. The Balaban J connectivity index is 3.14. The fourth-order valence-electron chi connectivity index (χ4n) is 0.386. The number of aliphatic imine (C=N–C) groups is 1. The Bertz CT molecular complexity index is 116. The molecule has 0 unspecified atom stereocenters. The molecule has 0 rings (SSSR count). The first kappa shape index (κ1) is 8.08. The Labute approximate surface area is 55.3 Å². The van der Waals surface area contributed by atoms with Gasteiger partial charge in [0.15, 0.2) is 0 Å². The van der Waals surface area contributed by atoms with E-state index in [1.807, 2.05) is 13.0 Å². The van der Waals surface area contributed by atoms with Crippen molar-refractivity contribution in [1.29, 1.82) is 0 Å². The van der Waals surface area contributed by atoms with Gasteiger partial charge in [-0.3, -0.25) is 4.99 Å². The number of unbranched alkanes of at least 4 members (excludes halogenated alkanes) is 1. The first-order valence-electron chi connectivity index (χ1n) is 2.98. The van der Waals surface area contributed by atoms with Crippen molar-refractivity contribution in [2.45, 2.75) is 19.8 Å². The monoisotopic (exact) mass is 125 g/mol. The number of carbonyl (C=O) groups is 1. The molecule has 0 saturated carbocycles. The third-order valence-corrected chi connectivity index (χ3v) is 0.792. The molecule has 0 saturated heterocycles. The Kier molecular flexibility index (Phi) is 6.36. The van der Waals surface area contributed by atoms with E-state index in [0.717, 1.165) is 12.7 Å². The summed E-state index contributed by atoms with van der Waals surface area (Å²) >= 11 is 0. The van der Waals surface area contributed by atoms with E-state index in [1.54, 1.807) is 12.4 Å². The highest BCUT2D eigenvalue weighted by Crippen LogP contribution is 1.85. The van der Waals surface area contributed by atoms with Crippen molar-refractivity contribution in [3.8, 4) is 0 Å². The average molecular weight is 125 g/mol. The minimum atomic E-state index is 0.593. The van der Waals surface area contributed by atoms with Crippen molar-refractivity contribution in [2.75, 3.05) is 0 Å². The van der Waals surface area contributed by atoms with Gasteiger partial charge in [-0.05, 0) is 13.3 Å². The third-order valence-electron chi connectivity index (χ3n) is 0.792. The van der Waals surface area contributed by atoms with Crippen molar-refractivity contribution in [2.24, 2.45) is 4.99 Å². The molecule has 0 fully saturated rings. The molecule has 0 aromatic heterocycles. The second-order valence-corrected chi connectivity index (χ2v) is 1.54. The molecule has 0 aliphatic heterocycles. The van der Waals surface area contributed by atoms with Gasteiger partial charge in [0.2, 0.25) is 0 Å². The van der Waals surface area contributed by atoms with Crippen LogP contribution in [0.25, 0.3) is 0 Å². The van der Waals surface area contributed by atoms with Gasteiger partial charge in [-0.2, -0.15) is 0 Å². The summed E-state index contributed by atoms with van der Waals surface area (Å²) in [7, 11) is 0. The van der Waals surface area contributed by atoms with E-state index < -0.39 is 0 Å². The number of aldehydes is 1. The van der Waals surface area contributed by atoms with Crippen molar-refractivity contribution >= 4 is 12.5 Å². The molecule has 0 N–H and O–H groups in total. The second kappa shape index (κ2) is 7.08. The summed E-state index contributed by atoms with van der Waals surface area (Å²) in [5, 5.41) is 0. The molecule has 0 amide bonds. The fraction of sp³-hybridized carbons (Fsp3) is 0.429. The summed E-state index contributed by atoms with van der Waals surface area (Å²) < 4.78 is 0. The van der Waals surface area contributed by atoms with Gasteiger partial charge in [0.05, 0.1) is 0 Å². The van der Waals surface area contributed by atoms with Gasteiger partial charge in [-0.1, -0.05) is 6.08 Å². The Morgan fingerprint density at radius 2 is 2.22 bits per heavy atom. The maximum Gasteiger partial charge on any atom is 0.120 e. The predicted octanol–water partition coefficient (Wildman–Crippen LogP) is 1.57. The smallest absolute Gasteiger partial charge is 0.120 e. The molecule has 0 spiro atoms. The maximum absolute atomic E-state index is 9.77. The summed E-state index contributed by atoms with van der Waals surface area (Å²) in [4.78, 5) is 13.6. The van der Waals surface area contributed by atoms with Crippen LogP contribution in [0, 0.1) is 0 Å². The van der Waals surface area contributed by atoms with E-state index in [4.69, 9.17) is 0 Å². The topological polar surface area (TPSA) is 29.4 Å². The lowest BCUT2D eigenvalue weighted by Gasteiger charge is -1.78. The maximum atomic E-state index is 9.77. The zero-order chi connectivity index (χ0) is 6.95. The average Bonchev–Trinajstić information content (AvgIpc) is 1.89. The molecule has 0 radical (unpaired) electrons. The molecule has 0 aliphatic rings. The van der Waals surface area contributed by atoms with Gasteiger partial charge >= 0.3 is 0 Å². The van der Waals surface area contributed by atoms with Crippen LogP contribution in [-0.4, -0.2) is 12.5 Å². The lowest BCUT2D eigenvalue weighted by atomic mass is 10.3. The Hall–Kier alpha value is -0.920. The lowest BCUT2D eigenvalue weighted by Crippen LogP contribution is -1.69. The predicted molar refractivity (Wildman–Crippen MR) is 38.6 cm³/mol. The van der Waals surface area contributed by atoms with Gasteiger partial charge in [0.1, 0.15) is 6.29 Å². The molecule has 2 nitrogen and oxygen atoms in total. The minimum Gasteiger partial charge on any atom is -0.303 e. The van der Waals surface area contributed by atoms with Crippen LogP contribution in [0.2, 0.25) is 0 Å². The van der Waals surface area contributed by atoms with Crippen LogP contribution in [-0.2, 0) is 4.79 Å². The van der Waals surface area contributed by atoms with Gasteiger partial charge in [-0.15, -0.1) is 0 Å². The van der Waals surface area contributed by atoms with E-state index in [-0.39, 0.29) is 0 Å². The van der Waals surface area contributed by atoms with Gasteiger partial charge in [-0.25, -0.2) is 0 Å². The van der Waals surface area contributed by atoms with Gasteiger partial charge < -0.3 is 4.79 Å². The zero-order valence-corrected chi connectivity index (χ0v) is 5.58. The first-order valence-corrected chi connectivity index (χ1v) is 2.98. The first-order chi connectivity index (χ1) is 4.41. The molecule has 0 aromatic rings. The van der Waals surface area contributed by atoms with E-state index in [0.29, 0.717) is 6.42 Å². The molecule has 0 atom stereocenters. The Morgan fingerprint density at radius 3 is 2.78 bits per heavy atom. The molecule has 0 aliphatic carbocycles. The highest BCUT2D eigenvalue weighted by molar-refractivity contribution is 5.54. The zero-order valence-electron chi connectivity index (χ0n) is 5.58. The van der Waals surface area contributed by atoms with Crippen LogP contribution in [0.5, 0.6) is 0 Å². The number of allylic oxidation sites excluding steroid dienone is 1. The summed E-state index contributed by atoms with van der Waals surface area (Å²) in [5.41, 5.74) is 0.